The number of para-hydroxylation sites is 1. The molecule has 98 valence electrons. The van der Waals surface area contributed by atoms with Crippen LogP contribution in [0, 0.1) is 16.0 Å². The highest BCUT2D eigenvalue weighted by atomic mass is 35.5. The first-order valence-corrected chi connectivity index (χ1v) is 6.85. The average molecular weight is 288 g/mol. The minimum atomic E-state index is -0.486. The van der Waals surface area contributed by atoms with Gasteiger partial charge < -0.3 is 12.4 Å². The number of Topliss-reactive ketones (excluding diaryl/α,β-unsaturated/α-hetero) is 1. The molecule has 1 aromatic rings. The van der Waals surface area contributed by atoms with Crippen molar-refractivity contribution in [3.63, 3.8) is 0 Å². The molecule has 1 atom stereocenters. The average Bonchev–Trinajstić information content (AvgIpc) is 2.81. The summed E-state index contributed by atoms with van der Waals surface area (Å²) in [5, 5.41) is 10.8. The number of ketones is 1. The largest absolute Gasteiger partial charge is 1.00 e. The van der Waals surface area contributed by atoms with Gasteiger partial charge in [-0.05, 0) is 24.2 Å². The Morgan fingerprint density at radius 1 is 1.44 bits per heavy atom. The highest BCUT2D eigenvalue weighted by Crippen LogP contribution is 2.24. The second kappa shape index (κ2) is 6.75. The highest BCUT2D eigenvalue weighted by Gasteiger charge is 2.27. The van der Waals surface area contributed by atoms with Gasteiger partial charge in [-0.3, -0.25) is 14.9 Å². The van der Waals surface area contributed by atoms with E-state index in [1.54, 1.807) is 18.2 Å². The van der Waals surface area contributed by atoms with Crippen LogP contribution in [0.2, 0.25) is 0 Å². The molecule has 4 nitrogen and oxygen atoms in total. The zero-order chi connectivity index (χ0) is 12.3. The Morgan fingerprint density at radius 2 is 2.17 bits per heavy atom. The first-order valence-electron chi connectivity index (χ1n) is 5.58. The number of carbonyl (C=O) groups is 1. The normalized spacial score (nSPS) is 18.1. The highest BCUT2D eigenvalue weighted by molar-refractivity contribution is 7.78. The minimum absolute atomic E-state index is 0. The molecule has 1 aliphatic heterocycles. The summed E-state index contributed by atoms with van der Waals surface area (Å²) >= 11 is 1.40. The summed E-state index contributed by atoms with van der Waals surface area (Å²) in [4.78, 5) is 22.3. The van der Waals surface area contributed by atoms with E-state index >= 15 is 0 Å². The van der Waals surface area contributed by atoms with E-state index in [2.05, 4.69) is 0 Å². The van der Waals surface area contributed by atoms with Crippen molar-refractivity contribution in [3.05, 3.63) is 39.9 Å². The summed E-state index contributed by atoms with van der Waals surface area (Å²) in [6.45, 7) is 0. The molecule has 1 aromatic carbocycles. The molecule has 0 aromatic heterocycles. The molecule has 1 saturated heterocycles. The fraction of sp³-hybridized carbons (Fsp3) is 0.417. The molecule has 6 heteroatoms. The van der Waals surface area contributed by atoms with Crippen LogP contribution < -0.4 is 12.4 Å². The summed E-state index contributed by atoms with van der Waals surface area (Å²) < 4.78 is 0. The molecule has 0 amide bonds. The lowest BCUT2D eigenvalue weighted by Crippen LogP contribution is -3.00. The van der Waals surface area contributed by atoms with Gasteiger partial charge in [0.15, 0.2) is 5.78 Å². The Balaban J connectivity index is 0.00000162. The van der Waals surface area contributed by atoms with Gasteiger partial charge in [0.25, 0.3) is 5.69 Å². The molecule has 1 unspecified atom stereocenters. The Morgan fingerprint density at radius 3 is 2.78 bits per heavy atom. The number of halogens is 1. The van der Waals surface area contributed by atoms with Gasteiger partial charge in [-0.2, -0.15) is 0 Å². The van der Waals surface area contributed by atoms with Crippen LogP contribution in [-0.2, 0) is 11.8 Å². The molecule has 0 spiro atoms. The number of benzene rings is 1. The van der Waals surface area contributed by atoms with Crippen LogP contribution in [0.3, 0.4) is 0 Å². The van der Waals surface area contributed by atoms with Crippen molar-refractivity contribution < 1.29 is 22.1 Å². The van der Waals surface area contributed by atoms with Crippen molar-refractivity contribution in [1.82, 2.24) is 0 Å². The lowest BCUT2D eigenvalue weighted by atomic mass is 9.97. The SMILES string of the molecule is O=C(CC1CC[SH+]C1)c1ccccc1[N+](=O)[O-].[Cl-]. The van der Waals surface area contributed by atoms with Crippen LogP contribution in [0.15, 0.2) is 24.3 Å². The van der Waals surface area contributed by atoms with Gasteiger partial charge in [0, 0.05) is 18.4 Å². The Labute approximate surface area is 116 Å². The fourth-order valence-electron chi connectivity index (χ4n) is 2.05. The number of hydrogen-bond donors (Lipinski definition) is 0. The van der Waals surface area contributed by atoms with Crippen LogP contribution in [0.4, 0.5) is 5.69 Å². The van der Waals surface area contributed by atoms with Gasteiger partial charge in [0.05, 0.1) is 10.5 Å². The number of nitro benzene ring substituents is 1. The van der Waals surface area contributed by atoms with Crippen molar-refractivity contribution >= 4 is 23.2 Å². The quantitative estimate of drug-likeness (QED) is 0.235. The lowest BCUT2D eigenvalue weighted by molar-refractivity contribution is -0.385. The van der Waals surface area contributed by atoms with Gasteiger partial charge in [0.2, 0.25) is 0 Å². The molecule has 1 heterocycles. The summed E-state index contributed by atoms with van der Waals surface area (Å²) in [7, 11) is 0. The maximum atomic E-state index is 12.0. The standard InChI is InChI=1S/C12H13NO3S.ClH/c14-12(7-9-5-6-17-8-9)10-3-1-2-4-11(10)13(15)16;/h1-4,9H,5-8H2;1H. The second-order valence-corrected chi connectivity index (χ2v) is 5.45. The van der Waals surface area contributed by atoms with Gasteiger partial charge in [-0.1, -0.05) is 12.1 Å². The molecule has 0 aliphatic carbocycles. The third-order valence-corrected chi connectivity index (χ3v) is 4.31. The molecule has 1 aliphatic rings. The van der Waals surface area contributed by atoms with Crippen molar-refractivity contribution in [2.45, 2.75) is 12.8 Å². The van der Waals surface area contributed by atoms with Crippen LogP contribution in [0.25, 0.3) is 0 Å². The van der Waals surface area contributed by atoms with E-state index < -0.39 is 4.92 Å². The zero-order valence-corrected chi connectivity index (χ0v) is 11.4. The number of carbonyl (C=O) groups excluding carboxylic acids is 1. The topological polar surface area (TPSA) is 60.2 Å². The van der Waals surface area contributed by atoms with E-state index in [1.807, 2.05) is 0 Å². The van der Waals surface area contributed by atoms with Crippen molar-refractivity contribution in [1.29, 1.82) is 0 Å². The molecule has 1 fully saturated rings. The predicted molar refractivity (Wildman–Crippen MR) is 68.6 cm³/mol. The van der Waals surface area contributed by atoms with E-state index in [0.29, 0.717) is 12.3 Å². The Hall–Kier alpha value is -1.07. The maximum Gasteiger partial charge on any atom is 0.280 e. The first kappa shape index (κ1) is 15.0. The molecule has 0 saturated carbocycles. The van der Waals surface area contributed by atoms with E-state index in [9.17, 15) is 14.9 Å². The van der Waals surface area contributed by atoms with Gasteiger partial charge in [-0.25, -0.2) is 0 Å². The van der Waals surface area contributed by atoms with Crippen molar-refractivity contribution in [2.75, 3.05) is 11.5 Å². The minimum Gasteiger partial charge on any atom is -1.00 e. The predicted octanol–water partition coefficient (Wildman–Crippen LogP) is -0.994. The molecule has 0 radical (unpaired) electrons. The molecule has 2 rings (SSSR count). The fourth-order valence-corrected chi connectivity index (χ4v) is 3.45. The smallest absolute Gasteiger partial charge is 0.280 e. The van der Waals surface area contributed by atoms with Gasteiger partial charge in [-0.15, -0.1) is 0 Å². The van der Waals surface area contributed by atoms with Crippen LogP contribution in [0.5, 0.6) is 0 Å². The monoisotopic (exact) mass is 287 g/mol. The second-order valence-electron chi connectivity index (χ2n) is 4.19. The molecule has 0 N–H and O–H groups in total. The van der Waals surface area contributed by atoms with Crippen molar-refractivity contribution in [3.8, 4) is 0 Å². The number of hydrogen-bond acceptors (Lipinski definition) is 3. The van der Waals surface area contributed by atoms with E-state index in [0.717, 1.165) is 17.9 Å². The summed E-state index contributed by atoms with van der Waals surface area (Å²) in [6.07, 6.45) is 1.51. The van der Waals surface area contributed by atoms with Crippen LogP contribution >= 0.6 is 0 Å². The van der Waals surface area contributed by atoms with Gasteiger partial charge >= 0.3 is 0 Å². The third-order valence-electron chi connectivity index (χ3n) is 2.96. The number of nitrogens with zero attached hydrogens (tertiary/aromatic N) is 1. The third kappa shape index (κ3) is 3.46. The Bertz CT molecular complexity index is 447. The maximum absolute atomic E-state index is 12.0. The molecular formula is C12H14ClNO3S. The zero-order valence-electron chi connectivity index (χ0n) is 9.71. The summed E-state index contributed by atoms with van der Waals surface area (Å²) in [5.41, 5.74) is 0.175. The van der Waals surface area contributed by atoms with Crippen LogP contribution in [0.1, 0.15) is 23.2 Å². The van der Waals surface area contributed by atoms with E-state index in [1.165, 1.54) is 17.8 Å². The number of thiol groups is 1. The number of nitro groups is 1. The summed E-state index contributed by atoms with van der Waals surface area (Å²) in [5.74, 6) is 2.50. The Kier molecular flexibility index (Phi) is 5.62. The van der Waals surface area contributed by atoms with Crippen molar-refractivity contribution in [2.24, 2.45) is 5.92 Å². The van der Waals surface area contributed by atoms with Gasteiger partial charge in [0.1, 0.15) is 11.5 Å². The van der Waals surface area contributed by atoms with E-state index in [4.69, 9.17) is 0 Å². The molecule has 18 heavy (non-hydrogen) atoms. The van der Waals surface area contributed by atoms with E-state index in [-0.39, 0.29) is 29.4 Å². The van der Waals surface area contributed by atoms with Crippen LogP contribution in [-0.4, -0.2) is 22.2 Å². The lowest BCUT2D eigenvalue weighted by Gasteiger charge is -2.05. The molecule has 0 bridgehead atoms. The summed E-state index contributed by atoms with van der Waals surface area (Å²) in [6, 6.07) is 6.20. The molecular weight excluding hydrogens is 274 g/mol. The number of rotatable bonds is 4. The first-order chi connectivity index (χ1) is 8.18.